The molecule has 0 radical (unpaired) electrons. The summed E-state index contributed by atoms with van der Waals surface area (Å²) >= 11 is 0. The van der Waals surface area contributed by atoms with Gasteiger partial charge in [-0.05, 0) is 38.2 Å². The van der Waals surface area contributed by atoms with Crippen LogP contribution in [0.15, 0.2) is 24.3 Å². The van der Waals surface area contributed by atoms with Crippen molar-refractivity contribution in [3.05, 3.63) is 35.6 Å². The fraction of sp³-hybridized carbons (Fsp3) is 0.579. The number of halogens is 1. The number of nitrogens with zero attached hydrogens (tertiary/aromatic N) is 1. The zero-order chi connectivity index (χ0) is 17.1. The molecule has 5 heteroatoms. The largest absolute Gasteiger partial charge is 0.352 e. The van der Waals surface area contributed by atoms with Crippen LogP contribution in [0.25, 0.3) is 0 Å². The molecule has 4 nitrogen and oxygen atoms in total. The van der Waals surface area contributed by atoms with Crippen molar-refractivity contribution in [1.29, 1.82) is 0 Å². The Balaban J connectivity index is 1.52. The first kappa shape index (κ1) is 16.9. The lowest BCUT2D eigenvalue weighted by atomic mass is 9.99. The smallest absolute Gasteiger partial charge is 0.226 e. The average molecular weight is 332 g/mol. The van der Waals surface area contributed by atoms with E-state index in [1.807, 2.05) is 4.90 Å². The standard InChI is InChI=1S/C19H25FN2O2/c1-2-14-8-5-6-10-22(14)19(24)16-11-15(16)18(23)21-12-13-7-3-4-9-17(13)20/h3-4,7,9,14-16H,2,5-6,8,10-12H2,1H3,(H,21,23). The number of carbonyl (C=O) groups is 2. The summed E-state index contributed by atoms with van der Waals surface area (Å²) in [4.78, 5) is 26.9. The first-order chi connectivity index (χ1) is 11.6. The summed E-state index contributed by atoms with van der Waals surface area (Å²) in [7, 11) is 0. The number of hydrogen-bond acceptors (Lipinski definition) is 2. The summed E-state index contributed by atoms with van der Waals surface area (Å²) in [5, 5.41) is 2.77. The number of piperidine rings is 1. The molecule has 0 aromatic heterocycles. The fourth-order valence-corrected chi connectivity index (χ4v) is 3.64. The van der Waals surface area contributed by atoms with Crippen LogP contribution in [0.2, 0.25) is 0 Å². The maximum absolute atomic E-state index is 13.6. The van der Waals surface area contributed by atoms with E-state index in [-0.39, 0.29) is 36.0 Å². The van der Waals surface area contributed by atoms with Gasteiger partial charge in [-0.15, -0.1) is 0 Å². The predicted octanol–water partition coefficient (Wildman–Crippen LogP) is 2.87. The maximum Gasteiger partial charge on any atom is 0.226 e. The second-order valence-corrected chi connectivity index (χ2v) is 6.85. The van der Waals surface area contributed by atoms with Gasteiger partial charge in [-0.1, -0.05) is 25.1 Å². The zero-order valence-electron chi connectivity index (χ0n) is 14.1. The highest BCUT2D eigenvalue weighted by molar-refractivity contribution is 5.92. The van der Waals surface area contributed by atoms with Crippen molar-refractivity contribution in [3.8, 4) is 0 Å². The van der Waals surface area contributed by atoms with Crippen molar-refractivity contribution in [3.63, 3.8) is 0 Å². The Hall–Kier alpha value is -1.91. The number of rotatable bonds is 5. The molecule has 3 unspecified atom stereocenters. The van der Waals surface area contributed by atoms with Crippen LogP contribution < -0.4 is 5.32 Å². The van der Waals surface area contributed by atoms with Crippen LogP contribution in [0.5, 0.6) is 0 Å². The Kier molecular flexibility index (Phi) is 5.17. The topological polar surface area (TPSA) is 49.4 Å². The number of hydrogen-bond donors (Lipinski definition) is 1. The SMILES string of the molecule is CCC1CCCCN1C(=O)C1CC1C(=O)NCc1ccccc1F. The van der Waals surface area contributed by atoms with E-state index in [1.165, 1.54) is 12.5 Å². The Labute approximate surface area is 142 Å². The third-order valence-electron chi connectivity index (χ3n) is 5.24. The number of likely N-dealkylation sites (tertiary alicyclic amines) is 1. The first-order valence-corrected chi connectivity index (χ1v) is 8.93. The van der Waals surface area contributed by atoms with Crippen LogP contribution >= 0.6 is 0 Å². The number of carbonyl (C=O) groups excluding carboxylic acids is 2. The molecule has 2 amide bonds. The van der Waals surface area contributed by atoms with Gasteiger partial charge in [0.15, 0.2) is 0 Å². The molecule has 1 aromatic carbocycles. The molecule has 130 valence electrons. The molecular weight excluding hydrogens is 307 g/mol. The van der Waals surface area contributed by atoms with Crippen molar-refractivity contribution in [2.24, 2.45) is 11.8 Å². The Morgan fingerprint density at radius 2 is 2.04 bits per heavy atom. The normalized spacial score (nSPS) is 26.1. The van der Waals surface area contributed by atoms with E-state index >= 15 is 0 Å². The van der Waals surface area contributed by atoms with Gasteiger partial charge in [0.1, 0.15) is 5.82 Å². The summed E-state index contributed by atoms with van der Waals surface area (Å²) in [6.07, 6.45) is 4.90. The highest BCUT2D eigenvalue weighted by Crippen LogP contribution is 2.41. The van der Waals surface area contributed by atoms with Gasteiger partial charge < -0.3 is 10.2 Å². The summed E-state index contributed by atoms with van der Waals surface area (Å²) in [6.45, 7) is 3.10. The van der Waals surface area contributed by atoms with Crippen LogP contribution in [-0.4, -0.2) is 29.3 Å². The molecule has 1 aliphatic heterocycles. The molecular formula is C19H25FN2O2. The number of nitrogens with one attached hydrogen (secondary N) is 1. The zero-order valence-corrected chi connectivity index (χ0v) is 14.1. The van der Waals surface area contributed by atoms with Crippen molar-refractivity contribution >= 4 is 11.8 Å². The lowest BCUT2D eigenvalue weighted by Crippen LogP contribution is -2.44. The summed E-state index contributed by atoms with van der Waals surface area (Å²) in [5.74, 6) is -0.754. The molecule has 0 bridgehead atoms. The highest BCUT2D eigenvalue weighted by atomic mass is 19.1. The molecule has 24 heavy (non-hydrogen) atoms. The highest BCUT2D eigenvalue weighted by Gasteiger charge is 2.50. The minimum atomic E-state index is -0.319. The van der Waals surface area contributed by atoms with E-state index in [4.69, 9.17) is 0 Å². The van der Waals surface area contributed by atoms with Gasteiger partial charge in [0.05, 0.1) is 11.8 Å². The quantitative estimate of drug-likeness (QED) is 0.901. The molecule has 1 heterocycles. The second kappa shape index (κ2) is 7.32. The summed E-state index contributed by atoms with van der Waals surface area (Å²) in [5.41, 5.74) is 0.469. The lowest BCUT2D eigenvalue weighted by molar-refractivity contribution is -0.138. The van der Waals surface area contributed by atoms with Crippen LogP contribution in [0.3, 0.4) is 0 Å². The van der Waals surface area contributed by atoms with Gasteiger partial charge in [-0.25, -0.2) is 4.39 Å². The van der Waals surface area contributed by atoms with E-state index in [0.717, 1.165) is 25.8 Å². The molecule has 0 spiro atoms. The molecule has 1 saturated heterocycles. The molecule has 2 aliphatic rings. The van der Waals surface area contributed by atoms with E-state index < -0.39 is 0 Å². The van der Waals surface area contributed by atoms with Gasteiger partial charge in [0, 0.05) is 24.7 Å². The van der Waals surface area contributed by atoms with Crippen LogP contribution in [0.4, 0.5) is 4.39 Å². The van der Waals surface area contributed by atoms with E-state index in [1.54, 1.807) is 18.2 Å². The molecule has 3 atom stereocenters. The van der Waals surface area contributed by atoms with Gasteiger partial charge in [-0.2, -0.15) is 0 Å². The van der Waals surface area contributed by atoms with E-state index in [9.17, 15) is 14.0 Å². The van der Waals surface area contributed by atoms with Crippen LogP contribution in [-0.2, 0) is 16.1 Å². The number of benzene rings is 1. The van der Waals surface area contributed by atoms with E-state index in [0.29, 0.717) is 18.0 Å². The molecule has 1 aromatic rings. The summed E-state index contributed by atoms with van der Waals surface area (Å²) < 4.78 is 13.6. The fourth-order valence-electron chi connectivity index (χ4n) is 3.64. The number of amides is 2. The van der Waals surface area contributed by atoms with Gasteiger partial charge in [0.25, 0.3) is 0 Å². The second-order valence-electron chi connectivity index (χ2n) is 6.85. The molecule has 3 rings (SSSR count). The third-order valence-corrected chi connectivity index (χ3v) is 5.24. The van der Waals surface area contributed by atoms with Crippen LogP contribution in [0, 0.1) is 17.7 Å². The minimum absolute atomic E-state index is 0.132. The van der Waals surface area contributed by atoms with Crippen molar-refractivity contribution in [1.82, 2.24) is 10.2 Å². The lowest BCUT2D eigenvalue weighted by Gasteiger charge is -2.35. The summed E-state index contributed by atoms with van der Waals surface area (Å²) in [6, 6.07) is 6.74. The average Bonchev–Trinajstić information content (AvgIpc) is 3.41. The molecule has 1 N–H and O–H groups in total. The van der Waals surface area contributed by atoms with E-state index in [2.05, 4.69) is 12.2 Å². The van der Waals surface area contributed by atoms with Crippen LogP contribution in [0.1, 0.15) is 44.6 Å². The van der Waals surface area contributed by atoms with Gasteiger partial charge in [-0.3, -0.25) is 9.59 Å². The third kappa shape index (κ3) is 3.60. The molecule has 1 aliphatic carbocycles. The molecule has 2 fully saturated rings. The first-order valence-electron chi connectivity index (χ1n) is 8.93. The monoisotopic (exact) mass is 332 g/mol. The minimum Gasteiger partial charge on any atom is -0.352 e. The van der Waals surface area contributed by atoms with Crippen molar-refractivity contribution in [2.75, 3.05) is 6.54 Å². The Bertz CT molecular complexity index is 619. The Morgan fingerprint density at radius 1 is 1.25 bits per heavy atom. The maximum atomic E-state index is 13.6. The van der Waals surface area contributed by atoms with Gasteiger partial charge in [0.2, 0.25) is 11.8 Å². The van der Waals surface area contributed by atoms with Crippen molar-refractivity contribution in [2.45, 2.75) is 51.6 Å². The van der Waals surface area contributed by atoms with Crippen molar-refractivity contribution < 1.29 is 14.0 Å². The predicted molar refractivity (Wildman–Crippen MR) is 89.5 cm³/mol. The Morgan fingerprint density at radius 3 is 2.79 bits per heavy atom. The van der Waals surface area contributed by atoms with Gasteiger partial charge >= 0.3 is 0 Å². The molecule has 1 saturated carbocycles.